The molecule has 29 heavy (non-hydrogen) atoms. The highest BCUT2D eigenvalue weighted by molar-refractivity contribution is 6.22. The largest absolute Gasteiger partial charge is 0.350 e. The molecule has 4 amide bonds. The number of benzene rings is 2. The monoisotopic (exact) mass is 391 g/mol. The van der Waals surface area contributed by atoms with Gasteiger partial charge in [-0.1, -0.05) is 24.3 Å². The van der Waals surface area contributed by atoms with Gasteiger partial charge in [0.25, 0.3) is 11.8 Å². The van der Waals surface area contributed by atoms with E-state index in [0.29, 0.717) is 16.8 Å². The molecule has 1 unspecified atom stereocenters. The quantitative estimate of drug-likeness (QED) is 0.739. The van der Waals surface area contributed by atoms with Gasteiger partial charge in [-0.3, -0.25) is 24.1 Å². The lowest BCUT2D eigenvalue weighted by Crippen LogP contribution is -2.47. The first-order chi connectivity index (χ1) is 14.0. The van der Waals surface area contributed by atoms with E-state index in [4.69, 9.17) is 0 Å². The Hall–Kier alpha value is -3.48. The van der Waals surface area contributed by atoms with E-state index in [0.717, 1.165) is 23.3 Å². The minimum Gasteiger partial charge on any atom is -0.350 e. The number of carbonyl (C=O) groups is 4. The van der Waals surface area contributed by atoms with Crippen LogP contribution in [0.4, 0.5) is 5.69 Å². The van der Waals surface area contributed by atoms with Crippen LogP contribution in [0, 0.1) is 5.92 Å². The van der Waals surface area contributed by atoms with E-state index in [1.54, 1.807) is 42.5 Å². The van der Waals surface area contributed by atoms with Crippen molar-refractivity contribution in [3.63, 3.8) is 0 Å². The normalized spacial score (nSPS) is 16.4. The number of nitrogens with one attached hydrogen (secondary N) is 2. The van der Waals surface area contributed by atoms with Gasteiger partial charge in [-0.25, -0.2) is 0 Å². The molecule has 2 aliphatic rings. The second-order valence-electron chi connectivity index (χ2n) is 7.38. The van der Waals surface area contributed by atoms with E-state index in [9.17, 15) is 19.2 Å². The van der Waals surface area contributed by atoms with Gasteiger partial charge in [0, 0.05) is 18.2 Å². The third-order valence-corrected chi connectivity index (χ3v) is 5.20. The summed E-state index contributed by atoms with van der Waals surface area (Å²) in [6, 6.07) is 12.8. The van der Waals surface area contributed by atoms with Gasteiger partial charge in [0.2, 0.25) is 11.8 Å². The Morgan fingerprint density at radius 3 is 2.31 bits per heavy atom. The van der Waals surface area contributed by atoms with Crippen LogP contribution in [0.2, 0.25) is 0 Å². The highest BCUT2D eigenvalue weighted by Gasteiger charge is 2.40. The lowest BCUT2D eigenvalue weighted by atomic mass is 10.1. The number of anilines is 1. The second kappa shape index (κ2) is 7.50. The highest BCUT2D eigenvalue weighted by atomic mass is 16.2. The maximum absolute atomic E-state index is 12.6. The summed E-state index contributed by atoms with van der Waals surface area (Å²) in [5.41, 5.74) is 2.12. The summed E-state index contributed by atoms with van der Waals surface area (Å²) in [4.78, 5) is 50.5. The molecule has 0 saturated heterocycles. The van der Waals surface area contributed by atoms with E-state index < -0.39 is 23.8 Å². The average molecular weight is 391 g/mol. The Kier molecular flexibility index (Phi) is 4.88. The topological polar surface area (TPSA) is 95.6 Å². The average Bonchev–Trinajstić information content (AvgIpc) is 3.54. The number of hydrogen-bond acceptors (Lipinski definition) is 4. The Morgan fingerprint density at radius 2 is 1.69 bits per heavy atom. The predicted octanol–water partition coefficient (Wildman–Crippen LogP) is 2.34. The number of fused-ring (bicyclic) bond motifs is 1. The number of imide groups is 1. The van der Waals surface area contributed by atoms with Crippen molar-refractivity contribution < 1.29 is 19.2 Å². The van der Waals surface area contributed by atoms with Crippen molar-refractivity contribution in [3.8, 4) is 0 Å². The van der Waals surface area contributed by atoms with Crippen molar-refractivity contribution in [1.29, 1.82) is 0 Å². The van der Waals surface area contributed by atoms with Gasteiger partial charge in [-0.15, -0.1) is 0 Å². The van der Waals surface area contributed by atoms with Crippen molar-refractivity contribution in [3.05, 3.63) is 65.2 Å². The third kappa shape index (κ3) is 3.76. The fourth-order valence-electron chi connectivity index (χ4n) is 3.36. The van der Waals surface area contributed by atoms with Crippen molar-refractivity contribution in [2.24, 2.45) is 5.92 Å². The summed E-state index contributed by atoms with van der Waals surface area (Å²) < 4.78 is 0. The fourth-order valence-corrected chi connectivity index (χ4v) is 3.36. The number of nitrogens with zero attached hydrogens (tertiary/aromatic N) is 1. The second-order valence-corrected chi connectivity index (χ2v) is 7.38. The summed E-state index contributed by atoms with van der Waals surface area (Å²) in [6.45, 7) is 1.75. The zero-order valence-corrected chi connectivity index (χ0v) is 16.0. The van der Waals surface area contributed by atoms with Gasteiger partial charge in [-0.2, -0.15) is 0 Å². The standard InChI is InChI=1S/C22H21N3O4/c1-13(25-21(28)17-7-2-3-8-18(17)22(25)29)19(26)23-12-14-5-4-6-16(11-14)24-20(27)15-9-10-15/h2-8,11,13,15H,9-10,12H2,1H3,(H,23,26)(H,24,27). The number of carbonyl (C=O) groups excluding carboxylic acids is 4. The molecule has 1 aliphatic carbocycles. The van der Waals surface area contributed by atoms with E-state index in [1.165, 1.54) is 6.92 Å². The van der Waals surface area contributed by atoms with Crippen LogP contribution in [0.25, 0.3) is 0 Å². The molecule has 7 heteroatoms. The number of hydrogen-bond donors (Lipinski definition) is 2. The zero-order valence-electron chi connectivity index (χ0n) is 16.0. The van der Waals surface area contributed by atoms with Crippen molar-refractivity contribution in [1.82, 2.24) is 10.2 Å². The summed E-state index contributed by atoms with van der Waals surface area (Å²) in [7, 11) is 0. The smallest absolute Gasteiger partial charge is 0.262 e. The first-order valence-corrected chi connectivity index (χ1v) is 9.60. The first kappa shape index (κ1) is 18.9. The molecule has 0 radical (unpaired) electrons. The Labute approximate surface area is 168 Å². The molecule has 2 aromatic carbocycles. The summed E-state index contributed by atoms with van der Waals surface area (Å²) in [5.74, 6) is -1.22. The SMILES string of the molecule is CC(C(=O)NCc1cccc(NC(=O)C2CC2)c1)N1C(=O)c2ccccc2C1=O. The van der Waals surface area contributed by atoms with Gasteiger partial charge in [-0.05, 0) is 49.6 Å². The molecule has 1 atom stereocenters. The Balaban J connectivity index is 1.38. The molecule has 2 aromatic rings. The number of rotatable bonds is 6. The van der Waals surface area contributed by atoms with Gasteiger partial charge >= 0.3 is 0 Å². The maximum Gasteiger partial charge on any atom is 0.262 e. The molecule has 0 bridgehead atoms. The summed E-state index contributed by atoms with van der Waals surface area (Å²) in [5, 5.41) is 5.63. The molecule has 0 aromatic heterocycles. The van der Waals surface area contributed by atoms with Crippen molar-refractivity contribution in [2.45, 2.75) is 32.4 Å². The maximum atomic E-state index is 12.6. The molecule has 2 N–H and O–H groups in total. The first-order valence-electron chi connectivity index (χ1n) is 9.60. The summed E-state index contributed by atoms with van der Waals surface area (Å²) in [6.07, 6.45) is 1.86. The van der Waals surface area contributed by atoms with Crippen molar-refractivity contribution in [2.75, 3.05) is 5.32 Å². The van der Waals surface area contributed by atoms with Crippen LogP contribution in [0.3, 0.4) is 0 Å². The lowest BCUT2D eigenvalue weighted by molar-refractivity contribution is -0.124. The predicted molar refractivity (Wildman–Crippen MR) is 106 cm³/mol. The number of amides is 4. The fraction of sp³-hybridized carbons (Fsp3) is 0.273. The molecule has 1 fully saturated rings. The highest BCUT2D eigenvalue weighted by Crippen LogP contribution is 2.30. The zero-order chi connectivity index (χ0) is 20.5. The van der Waals surface area contributed by atoms with E-state index in [-0.39, 0.29) is 18.4 Å². The van der Waals surface area contributed by atoms with Crippen LogP contribution in [0.1, 0.15) is 46.0 Å². The van der Waals surface area contributed by atoms with E-state index in [2.05, 4.69) is 10.6 Å². The van der Waals surface area contributed by atoms with Crippen LogP contribution >= 0.6 is 0 Å². The Bertz CT molecular complexity index is 978. The molecule has 7 nitrogen and oxygen atoms in total. The van der Waals surface area contributed by atoms with Crippen LogP contribution in [0.5, 0.6) is 0 Å². The van der Waals surface area contributed by atoms with E-state index >= 15 is 0 Å². The van der Waals surface area contributed by atoms with Gasteiger partial charge in [0.15, 0.2) is 0 Å². The lowest BCUT2D eigenvalue weighted by Gasteiger charge is -2.21. The minimum absolute atomic E-state index is 0.0189. The molecule has 1 heterocycles. The molecule has 148 valence electrons. The minimum atomic E-state index is -0.930. The molecule has 1 aliphatic heterocycles. The molecular formula is C22H21N3O4. The molecular weight excluding hydrogens is 370 g/mol. The third-order valence-electron chi connectivity index (χ3n) is 5.20. The Morgan fingerprint density at radius 1 is 1.03 bits per heavy atom. The van der Waals surface area contributed by atoms with Crippen LogP contribution < -0.4 is 10.6 Å². The van der Waals surface area contributed by atoms with Gasteiger partial charge < -0.3 is 10.6 Å². The van der Waals surface area contributed by atoms with Gasteiger partial charge in [0.05, 0.1) is 11.1 Å². The van der Waals surface area contributed by atoms with Gasteiger partial charge in [0.1, 0.15) is 6.04 Å². The molecule has 1 saturated carbocycles. The van der Waals surface area contributed by atoms with Crippen molar-refractivity contribution >= 4 is 29.3 Å². The molecule has 4 rings (SSSR count). The summed E-state index contributed by atoms with van der Waals surface area (Å²) >= 11 is 0. The van der Waals surface area contributed by atoms with Crippen LogP contribution in [-0.4, -0.2) is 34.6 Å². The van der Waals surface area contributed by atoms with Crippen LogP contribution in [0.15, 0.2) is 48.5 Å². The molecule has 0 spiro atoms. The van der Waals surface area contributed by atoms with E-state index in [1.807, 2.05) is 6.07 Å². The van der Waals surface area contributed by atoms with Crippen LogP contribution in [-0.2, 0) is 16.1 Å².